The van der Waals surface area contributed by atoms with E-state index < -0.39 is 0 Å². The van der Waals surface area contributed by atoms with Crippen molar-refractivity contribution in [3.05, 3.63) is 78.1 Å². The monoisotopic (exact) mass is 294 g/mol. The van der Waals surface area contributed by atoms with E-state index in [0.29, 0.717) is 13.2 Å². The molecule has 0 aliphatic carbocycles. The Balaban J connectivity index is 1.68. The van der Waals surface area contributed by atoms with Crippen LogP contribution >= 0.6 is 0 Å². The first-order valence-corrected chi connectivity index (χ1v) is 7.37. The van der Waals surface area contributed by atoms with Crippen LogP contribution in [-0.2, 0) is 11.3 Å². The Labute approximate surface area is 130 Å². The summed E-state index contributed by atoms with van der Waals surface area (Å²) in [7, 11) is 0. The lowest BCUT2D eigenvalue weighted by atomic mass is 10.0. The quantitative estimate of drug-likeness (QED) is 0.810. The van der Waals surface area contributed by atoms with E-state index in [4.69, 9.17) is 4.74 Å². The van der Waals surface area contributed by atoms with Crippen LogP contribution in [0.25, 0.3) is 0 Å². The van der Waals surface area contributed by atoms with Gasteiger partial charge in [-0.15, -0.1) is 0 Å². The minimum absolute atomic E-state index is 0.0121. The number of benzene rings is 1. The average Bonchev–Trinajstić information content (AvgIpc) is 2.61. The van der Waals surface area contributed by atoms with Crippen molar-refractivity contribution < 1.29 is 9.53 Å². The zero-order chi connectivity index (χ0) is 15.2. The summed E-state index contributed by atoms with van der Waals surface area (Å²) in [5.74, 6) is 0. The molecule has 1 aliphatic heterocycles. The van der Waals surface area contributed by atoms with Crippen LogP contribution in [0.4, 0.5) is 4.79 Å². The predicted molar refractivity (Wildman–Crippen MR) is 84.1 cm³/mol. The van der Waals surface area contributed by atoms with Crippen LogP contribution in [0.3, 0.4) is 0 Å². The lowest BCUT2D eigenvalue weighted by molar-refractivity contribution is 0.0831. The highest BCUT2D eigenvalue weighted by atomic mass is 16.6. The van der Waals surface area contributed by atoms with E-state index in [0.717, 1.165) is 17.5 Å². The van der Waals surface area contributed by atoms with Crippen molar-refractivity contribution in [3.63, 3.8) is 0 Å². The molecule has 0 saturated carbocycles. The lowest BCUT2D eigenvalue weighted by Gasteiger charge is -2.32. The maximum atomic E-state index is 12.4. The van der Waals surface area contributed by atoms with Crippen molar-refractivity contribution in [3.8, 4) is 0 Å². The molecule has 1 amide bonds. The first kappa shape index (κ1) is 14.3. The lowest BCUT2D eigenvalue weighted by Crippen LogP contribution is -2.37. The van der Waals surface area contributed by atoms with Crippen molar-refractivity contribution in [2.45, 2.75) is 19.1 Å². The molecule has 0 fully saturated rings. The molecule has 112 valence electrons. The van der Waals surface area contributed by atoms with Gasteiger partial charge in [0, 0.05) is 18.9 Å². The summed E-state index contributed by atoms with van der Waals surface area (Å²) in [6, 6.07) is 13.6. The molecule has 4 heteroatoms. The van der Waals surface area contributed by atoms with E-state index in [1.807, 2.05) is 48.5 Å². The smallest absolute Gasteiger partial charge is 0.410 e. The topological polar surface area (TPSA) is 42.4 Å². The summed E-state index contributed by atoms with van der Waals surface area (Å²) >= 11 is 0. The third kappa shape index (κ3) is 3.34. The molecule has 0 bridgehead atoms. The van der Waals surface area contributed by atoms with Crippen molar-refractivity contribution in [1.29, 1.82) is 0 Å². The van der Waals surface area contributed by atoms with E-state index in [2.05, 4.69) is 11.1 Å². The van der Waals surface area contributed by atoms with Crippen LogP contribution in [0.2, 0.25) is 0 Å². The van der Waals surface area contributed by atoms with E-state index in [1.54, 1.807) is 17.3 Å². The molecule has 3 rings (SSSR count). The Morgan fingerprint density at radius 2 is 2.05 bits per heavy atom. The van der Waals surface area contributed by atoms with E-state index in [-0.39, 0.29) is 12.1 Å². The van der Waals surface area contributed by atoms with Crippen LogP contribution in [0.5, 0.6) is 0 Å². The molecule has 0 unspecified atom stereocenters. The maximum Gasteiger partial charge on any atom is 0.410 e. The third-order valence-electron chi connectivity index (χ3n) is 3.71. The maximum absolute atomic E-state index is 12.4. The third-order valence-corrected chi connectivity index (χ3v) is 3.71. The normalized spacial score (nSPS) is 17.3. The van der Waals surface area contributed by atoms with Gasteiger partial charge in [0.2, 0.25) is 0 Å². The van der Waals surface area contributed by atoms with Gasteiger partial charge in [0.1, 0.15) is 6.61 Å². The highest BCUT2D eigenvalue weighted by Crippen LogP contribution is 2.27. The summed E-state index contributed by atoms with van der Waals surface area (Å²) < 4.78 is 5.45. The van der Waals surface area contributed by atoms with Gasteiger partial charge in [-0.3, -0.25) is 9.88 Å². The number of carbonyl (C=O) groups is 1. The molecule has 0 saturated heterocycles. The van der Waals surface area contributed by atoms with Gasteiger partial charge in [-0.2, -0.15) is 0 Å². The second kappa shape index (κ2) is 6.89. The first-order chi connectivity index (χ1) is 10.8. The summed E-state index contributed by atoms with van der Waals surface area (Å²) in [4.78, 5) is 18.3. The number of hydrogen-bond acceptors (Lipinski definition) is 3. The molecule has 0 radical (unpaired) electrons. The van der Waals surface area contributed by atoms with Crippen molar-refractivity contribution in [1.82, 2.24) is 9.88 Å². The Kier molecular flexibility index (Phi) is 4.49. The molecule has 2 aromatic rings. The first-order valence-electron chi connectivity index (χ1n) is 7.37. The number of amides is 1. The standard InChI is InChI=1S/C18H18N2O2/c21-18(22-14-15-7-2-1-3-8-15)20-12-5-4-10-17(20)16-9-6-11-19-13-16/h1-9,11,13,17H,10,12,14H2/t17-/m0/s1. The zero-order valence-corrected chi connectivity index (χ0v) is 12.3. The summed E-state index contributed by atoms with van der Waals surface area (Å²) in [5.41, 5.74) is 2.02. The van der Waals surface area contributed by atoms with Gasteiger partial charge < -0.3 is 4.74 Å². The molecule has 0 N–H and O–H groups in total. The number of rotatable bonds is 3. The fraction of sp³-hybridized carbons (Fsp3) is 0.222. The molecule has 1 aromatic carbocycles. The Hall–Kier alpha value is -2.62. The van der Waals surface area contributed by atoms with E-state index in [1.165, 1.54) is 0 Å². The number of carbonyl (C=O) groups excluding carboxylic acids is 1. The number of ether oxygens (including phenoxy) is 1. The van der Waals surface area contributed by atoms with Crippen LogP contribution in [-0.4, -0.2) is 22.5 Å². The largest absolute Gasteiger partial charge is 0.445 e. The number of aromatic nitrogens is 1. The highest BCUT2D eigenvalue weighted by molar-refractivity contribution is 5.69. The second-order valence-corrected chi connectivity index (χ2v) is 5.20. The molecule has 4 nitrogen and oxygen atoms in total. The SMILES string of the molecule is O=C(OCc1ccccc1)N1CC=CC[C@H]1c1cccnc1. The minimum Gasteiger partial charge on any atom is -0.445 e. The van der Waals surface area contributed by atoms with Gasteiger partial charge in [-0.1, -0.05) is 48.6 Å². The molecule has 0 spiro atoms. The number of hydrogen-bond donors (Lipinski definition) is 0. The van der Waals surface area contributed by atoms with E-state index >= 15 is 0 Å². The molecular formula is C18H18N2O2. The van der Waals surface area contributed by atoms with Crippen LogP contribution in [0, 0.1) is 0 Å². The van der Waals surface area contributed by atoms with Crippen molar-refractivity contribution in [2.24, 2.45) is 0 Å². The van der Waals surface area contributed by atoms with Gasteiger partial charge in [-0.25, -0.2) is 4.79 Å². The van der Waals surface area contributed by atoms with Gasteiger partial charge in [0.15, 0.2) is 0 Å². The summed E-state index contributed by atoms with van der Waals surface area (Å²) in [5, 5.41) is 0. The molecular weight excluding hydrogens is 276 g/mol. The Morgan fingerprint density at radius 3 is 2.82 bits per heavy atom. The number of pyridine rings is 1. The Bertz CT molecular complexity index is 641. The second-order valence-electron chi connectivity index (χ2n) is 5.20. The van der Waals surface area contributed by atoms with Crippen LogP contribution in [0.15, 0.2) is 67.0 Å². The van der Waals surface area contributed by atoms with Crippen molar-refractivity contribution >= 4 is 6.09 Å². The molecule has 1 atom stereocenters. The van der Waals surface area contributed by atoms with Gasteiger partial charge in [0.25, 0.3) is 0 Å². The minimum atomic E-state index is -0.290. The Morgan fingerprint density at radius 1 is 1.18 bits per heavy atom. The van der Waals surface area contributed by atoms with Gasteiger partial charge in [0.05, 0.1) is 6.04 Å². The summed E-state index contributed by atoms with van der Waals surface area (Å²) in [6.45, 7) is 0.854. The van der Waals surface area contributed by atoms with E-state index in [9.17, 15) is 4.79 Å². The fourth-order valence-corrected chi connectivity index (χ4v) is 2.56. The molecule has 1 aliphatic rings. The summed E-state index contributed by atoms with van der Waals surface area (Å²) in [6.07, 6.45) is 8.13. The highest BCUT2D eigenvalue weighted by Gasteiger charge is 2.27. The number of nitrogens with zero attached hydrogens (tertiary/aromatic N) is 2. The molecule has 1 aromatic heterocycles. The fourth-order valence-electron chi connectivity index (χ4n) is 2.56. The van der Waals surface area contributed by atoms with Crippen LogP contribution < -0.4 is 0 Å². The van der Waals surface area contributed by atoms with Crippen LogP contribution in [0.1, 0.15) is 23.6 Å². The zero-order valence-electron chi connectivity index (χ0n) is 12.3. The molecule has 22 heavy (non-hydrogen) atoms. The van der Waals surface area contributed by atoms with Gasteiger partial charge >= 0.3 is 6.09 Å². The molecule has 2 heterocycles. The van der Waals surface area contributed by atoms with Gasteiger partial charge in [-0.05, 0) is 23.6 Å². The average molecular weight is 294 g/mol. The van der Waals surface area contributed by atoms with Crippen molar-refractivity contribution in [2.75, 3.05) is 6.54 Å². The predicted octanol–water partition coefficient (Wildman–Crippen LogP) is 3.72.